The number of amides is 1. The Morgan fingerprint density at radius 3 is 2.64 bits per heavy atom. The molecule has 2 aromatic rings. The third-order valence-electron chi connectivity index (χ3n) is 2.75. The molecule has 1 aromatic heterocycles. The van der Waals surface area contributed by atoms with Crippen molar-refractivity contribution in [2.45, 2.75) is 6.18 Å². The Bertz CT molecular complexity index is 728. The first kappa shape index (κ1) is 18.4. The lowest BCUT2D eigenvalue weighted by molar-refractivity contribution is -0.159. The number of carbonyl (C=O) groups excluding carboxylic acids is 1. The molecule has 0 radical (unpaired) electrons. The van der Waals surface area contributed by atoms with E-state index in [-0.39, 0.29) is 30.1 Å². The Kier molecular flexibility index (Phi) is 6.03. The molecule has 0 saturated carbocycles. The second-order valence-electron chi connectivity index (χ2n) is 4.52. The minimum absolute atomic E-state index is 0.0622. The van der Waals surface area contributed by atoms with Crippen LogP contribution in [0.3, 0.4) is 0 Å². The summed E-state index contributed by atoms with van der Waals surface area (Å²) in [5.74, 6) is -2.12. The van der Waals surface area contributed by atoms with Crippen LogP contribution in [0.4, 0.5) is 17.6 Å². The van der Waals surface area contributed by atoms with Crippen molar-refractivity contribution in [2.75, 3.05) is 19.8 Å². The zero-order valence-corrected chi connectivity index (χ0v) is 12.6. The van der Waals surface area contributed by atoms with Crippen LogP contribution in [0, 0.1) is 0 Å². The number of alkyl halides is 4. The fraction of sp³-hybridized carbons (Fsp3) is 0.286. The summed E-state index contributed by atoms with van der Waals surface area (Å²) in [6.45, 7) is -0.772. The van der Waals surface area contributed by atoms with Gasteiger partial charge in [0.25, 0.3) is 5.91 Å². The number of aromatic nitrogens is 2. The van der Waals surface area contributed by atoms with Crippen molar-refractivity contribution in [3.05, 3.63) is 35.7 Å². The van der Waals surface area contributed by atoms with Crippen LogP contribution in [0.2, 0.25) is 0 Å². The van der Waals surface area contributed by atoms with Gasteiger partial charge in [-0.1, -0.05) is 22.4 Å². The van der Waals surface area contributed by atoms with Gasteiger partial charge in [0.15, 0.2) is 0 Å². The highest BCUT2D eigenvalue weighted by atomic mass is 19.4. The molecule has 1 amide bonds. The van der Waals surface area contributed by atoms with Crippen LogP contribution >= 0.6 is 0 Å². The molecule has 134 valence electrons. The van der Waals surface area contributed by atoms with Crippen molar-refractivity contribution in [1.29, 1.82) is 0 Å². The number of hydrogen-bond donors (Lipinski definition) is 1. The van der Waals surface area contributed by atoms with Crippen LogP contribution in [0.5, 0.6) is 0 Å². The van der Waals surface area contributed by atoms with Crippen molar-refractivity contribution in [3.8, 4) is 11.4 Å². The molecule has 0 bridgehead atoms. The summed E-state index contributed by atoms with van der Waals surface area (Å²) in [7, 11) is 0. The van der Waals surface area contributed by atoms with Crippen molar-refractivity contribution in [3.63, 3.8) is 0 Å². The molecule has 0 fully saturated rings. The average Bonchev–Trinajstić information content (AvgIpc) is 3.08. The lowest BCUT2D eigenvalue weighted by Gasteiger charge is -2.02. The smallest absolute Gasteiger partial charge is 0.393 e. The maximum atomic E-state index is 12.4. The Morgan fingerprint density at radius 1 is 1.32 bits per heavy atom. The molecular formula is C14H12F4N4O3. The Labute approximate surface area is 138 Å². The van der Waals surface area contributed by atoms with Crippen LogP contribution in [0.1, 0.15) is 16.2 Å². The summed E-state index contributed by atoms with van der Waals surface area (Å²) in [6.07, 6.45) is -3.47. The molecule has 25 heavy (non-hydrogen) atoms. The van der Waals surface area contributed by atoms with E-state index in [1.807, 2.05) is 0 Å². The molecule has 11 heteroatoms. The van der Waals surface area contributed by atoms with Gasteiger partial charge in [-0.3, -0.25) is 4.79 Å². The normalized spacial score (nSPS) is 11.7. The molecule has 0 spiro atoms. The van der Waals surface area contributed by atoms with Crippen molar-refractivity contribution >= 4 is 12.1 Å². The van der Waals surface area contributed by atoms with Gasteiger partial charge in [0.05, 0.1) is 12.8 Å². The molecule has 1 heterocycles. The van der Waals surface area contributed by atoms with Gasteiger partial charge in [-0.15, -0.1) is 0 Å². The number of benzene rings is 1. The third kappa shape index (κ3) is 5.26. The Balaban J connectivity index is 1.94. The van der Waals surface area contributed by atoms with E-state index in [0.29, 0.717) is 0 Å². The number of nitrogens with zero attached hydrogens (tertiary/aromatic N) is 3. The summed E-state index contributed by atoms with van der Waals surface area (Å²) in [6, 6.07) is 5.56. The summed E-state index contributed by atoms with van der Waals surface area (Å²) < 4.78 is 53.1. The first-order chi connectivity index (χ1) is 11.9. The number of carbonyl (C=O) groups is 1. The van der Waals surface area contributed by atoms with Gasteiger partial charge in [-0.2, -0.15) is 18.2 Å². The van der Waals surface area contributed by atoms with Gasteiger partial charge in [0, 0.05) is 11.1 Å². The van der Waals surface area contributed by atoms with E-state index in [4.69, 9.17) is 0 Å². The van der Waals surface area contributed by atoms with Gasteiger partial charge in [0.1, 0.15) is 13.3 Å². The van der Waals surface area contributed by atoms with Gasteiger partial charge < -0.3 is 14.7 Å². The highest BCUT2D eigenvalue weighted by Gasteiger charge is 2.38. The fourth-order valence-corrected chi connectivity index (χ4v) is 1.64. The molecule has 0 aliphatic carbocycles. The third-order valence-corrected chi connectivity index (χ3v) is 2.75. The zero-order chi connectivity index (χ0) is 18.3. The predicted octanol–water partition coefficient (Wildman–Crippen LogP) is 2.46. The molecule has 2 rings (SSSR count). The Hall–Kier alpha value is -2.98. The Morgan fingerprint density at radius 2 is 2.04 bits per heavy atom. The SMILES string of the molecule is O=C(NCC=NOCCF)c1ccc(-c2noc(C(F)(F)F)n2)cc1. The second kappa shape index (κ2) is 8.22. The quantitative estimate of drug-likeness (QED) is 0.355. The van der Waals surface area contributed by atoms with Crippen LogP contribution in [-0.4, -0.2) is 42.1 Å². The van der Waals surface area contributed by atoms with E-state index in [2.05, 4.69) is 30.0 Å². The lowest BCUT2D eigenvalue weighted by Crippen LogP contribution is -2.25. The first-order valence-corrected chi connectivity index (χ1v) is 6.91. The molecule has 1 aromatic carbocycles. The minimum Gasteiger partial charge on any atom is -0.393 e. The fourth-order valence-electron chi connectivity index (χ4n) is 1.64. The van der Waals surface area contributed by atoms with Crippen LogP contribution < -0.4 is 5.32 Å². The standard InChI is InChI=1S/C14H12F4N4O3/c15-5-8-24-20-7-6-19-12(23)10-3-1-9(2-4-10)11-21-13(25-22-11)14(16,17)18/h1-4,7H,5-6,8H2,(H,19,23). The number of oxime groups is 1. The van der Waals surface area contributed by atoms with Crippen LogP contribution in [0.15, 0.2) is 33.9 Å². The molecule has 0 saturated heterocycles. The lowest BCUT2D eigenvalue weighted by atomic mass is 10.1. The second-order valence-corrected chi connectivity index (χ2v) is 4.52. The molecule has 7 nitrogen and oxygen atoms in total. The molecule has 0 aliphatic rings. The summed E-state index contributed by atoms with van der Waals surface area (Å²) in [5, 5.41) is 9.15. The molecular weight excluding hydrogens is 348 g/mol. The molecule has 1 N–H and O–H groups in total. The summed E-state index contributed by atoms with van der Waals surface area (Å²) in [4.78, 5) is 19.6. The molecule has 0 aliphatic heterocycles. The van der Waals surface area contributed by atoms with Gasteiger partial charge in [-0.25, -0.2) is 4.39 Å². The van der Waals surface area contributed by atoms with Crippen LogP contribution in [-0.2, 0) is 11.0 Å². The highest BCUT2D eigenvalue weighted by molar-refractivity contribution is 5.95. The molecule has 0 unspecified atom stereocenters. The number of halogens is 4. The maximum Gasteiger partial charge on any atom is 0.471 e. The van der Waals surface area contributed by atoms with Crippen LogP contribution in [0.25, 0.3) is 11.4 Å². The number of rotatable bonds is 7. The maximum absolute atomic E-state index is 12.4. The van der Waals surface area contributed by atoms with Gasteiger partial charge in [-0.05, 0) is 12.1 Å². The van der Waals surface area contributed by atoms with Crippen molar-refractivity contribution in [1.82, 2.24) is 15.5 Å². The zero-order valence-electron chi connectivity index (χ0n) is 12.6. The van der Waals surface area contributed by atoms with E-state index in [0.717, 1.165) is 0 Å². The number of nitrogens with one attached hydrogen (secondary N) is 1. The monoisotopic (exact) mass is 360 g/mol. The number of hydrogen-bond acceptors (Lipinski definition) is 6. The van der Waals surface area contributed by atoms with E-state index in [1.54, 1.807) is 0 Å². The minimum atomic E-state index is -4.72. The first-order valence-electron chi connectivity index (χ1n) is 6.91. The predicted molar refractivity (Wildman–Crippen MR) is 77.5 cm³/mol. The van der Waals surface area contributed by atoms with Crippen molar-refractivity contribution in [2.24, 2.45) is 5.16 Å². The summed E-state index contributed by atoms with van der Waals surface area (Å²) in [5.41, 5.74) is 0.526. The highest BCUT2D eigenvalue weighted by Crippen LogP contribution is 2.29. The molecule has 0 atom stereocenters. The van der Waals surface area contributed by atoms with Gasteiger partial charge in [0.2, 0.25) is 5.82 Å². The van der Waals surface area contributed by atoms with E-state index >= 15 is 0 Å². The summed E-state index contributed by atoms with van der Waals surface area (Å²) >= 11 is 0. The van der Waals surface area contributed by atoms with E-state index in [1.165, 1.54) is 30.5 Å². The average molecular weight is 360 g/mol. The largest absolute Gasteiger partial charge is 0.471 e. The van der Waals surface area contributed by atoms with Crippen molar-refractivity contribution < 1.29 is 31.7 Å². The topological polar surface area (TPSA) is 89.6 Å². The van der Waals surface area contributed by atoms with E-state index in [9.17, 15) is 22.4 Å². The van der Waals surface area contributed by atoms with Gasteiger partial charge >= 0.3 is 12.1 Å². The van der Waals surface area contributed by atoms with E-state index < -0.39 is 24.6 Å².